The van der Waals surface area contributed by atoms with Crippen LogP contribution in [0.5, 0.6) is 0 Å². The van der Waals surface area contributed by atoms with Gasteiger partial charge in [-0.2, -0.15) is 0 Å². The van der Waals surface area contributed by atoms with Crippen LogP contribution in [0.1, 0.15) is 53.4 Å². The van der Waals surface area contributed by atoms with E-state index in [4.69, 9.17) is 5.73 Å². The minimum absolute atomic E-state index is 0.652. The Labute approximate surface area is 102 Å². The van der Waals surface area contributed by atoms with Crippen LogP contribution < -0.4 is 5.73 Å². The van der Waals surface area contributed by atoms with Crippen LogP contribution in [-0.2, 0) is 0 Å². The highest BCUT2D eigenvalue weighted by atomic mass is 15.2. The molecule has 1 aliphatic carbocycles. The lowest BCUT2D eigenvalue weighted by atomic mass is 9.82. The molecular weight excluding hydrogens is 196 g/mol. The Hall–Kier alpha value is -0.0800. The Morgan fingerprint density at radius 3 is 2.25 bits per heavy atom. The van der Waals surface area contributed by atoms with Crippen LogP contribution in [-0.4, -0.2) is 30.1 Å². The summed E-state index contributed by atoms with van der Waals surface area (Å²) in [5.41, 5.74) is 5.94. The lowest BCUT2D eigenvalue weighted by Crippen LogP contribution is -2.49. The van der Waals surface area contributed by atoms with E-state index >= 15 is 0 Å². The summed E-state index contributed by atoms with van der Waals surface area (Å²) in [6.45, 7) is 11.4. The van der Waals surface area contributed by atoms with Crippen molar-refractivity contribution in [3.63, 3.8) is 0 Å². The lowest BCUT2D eigenvalue weighted by Gasteiger charge is -2.42. The average Bonchev–Trinajstić information content (AvgIpc) is 2.25. The fourth-order valence-electron chi connectivity index (χ4n) is 3.05. The second-order valence-electron chi connectivity index (χ2n) is 6.03. The fourth-order valence-corrected chi connectivity index (χ4v) is 3.05. The highest BCUT2D eigenvalue weighted by molar-refractivity contribution is 4.85. The Morgan fingerprint density at radius 2 is 1.75 bits per heavy atom. The Morgan fingerprint density at radius 1 is 1.12 bits per heavy atom. The predicted octanol–water partition coefficient (Wildman–Crippen LogP) is 2.87. The molecule has 0 amide bonds. The topological polar surface area (TPSA) is 29.3 Å². The molecule has 0 aromatic heterocycles. The maximum absolute atomic E-state index is 5.94. The fraction of sp³-hybridized carbons (Fsp3) is 1.00. The summed E-state index contributed by atoms with van der Waals surface area (Å²) >= 11 is 0. The van der Waals surface area contributed by atoms with E-state index in [2.05, 4.69) is 32.6 Å². The standard InChI is InChI=1S/C14H30N2/c1-11(2)10-16(12(3)4)14-8-6-5-7-13(14)9-15/h11-14H,5-10,15H2,1-4H3. The van der Waals surface area contributed by atoms with E-state index < -0.39 is 0 Å². The summed E-state index contributed by atoms with van der Waals surface area (Å²) in [4.78, 5) is 2.70. The molecule has 0 heterocycles. The molecule has 2 heteroatoms. The molecule has 2 nitrogen and oxygen atoms in total. The molecule has 0 aliphatic heterocycles. The molecule has 0 aromatic carbocycles. The summed E-state index contributed by atoms with van der Waals surface area (Å²) in [5.74, 6) is 1.48. The van der Waals surface area contributed by atoms with Crippen molar-refractivity contribution >= 4 is 0 Å². The minimum Gasteiger partial charge on any atom is -0.330 e. The second kappa shape index (κ2) is 6.61. The van der Waals surface area contributed by atoms with E-state index in [1.807, 2.05) is 0 Å². The van der Waals surface area contributed by atoms with Gasteiger partial charge in [0.1, 0.15) is 0 Å². The first-order chi connectivity index (χ1) is 7.56. The van der Waals surface area contributed by atoms with Gasteiger partial charge in [-0.15, -0.1) is 0 Å². The van der Waals surface area contributed by atoms with Gasteiger partial charge < -0.3 is 5.73 Å². The molecule has 1 fully saturated rings. The quantitative estimate of drug-likeness (QED) is 0.781. The van der Waals surface area contributed by atoms with Gasteiger partial charge in [0.05, 0.1) is 0 Å². The molecule has 2 N–H and O–H groups in total. The Bertz CT molecular complexity index is 189. The van der Waals surface area contributed by atoms with Crippen molar-refractivity contribution in [3.8, 4) is 0 Å². The lowest BCUT2D eigenvalue weighted by molar-refractivity contribution is 0.0673. The third-order valence-corrected chi connectivity index (χ3v) is 3.84. The van der Waals surface area contributed by atoms with Crippen molar-refractivity contribution in [3.05, 3.63) is 0 Å². The summed E-state index contributed by atoms with van der Waals surface area (Å²) in [7, 11) is 0. The number of hydrogen-bond donors (Lipinski definition) is 1. The van der Waals surface area contributed by atoms with Crippen molar-refractivity contribution in [2.24, 2.45) is 17.6 Å². The van der Waals surface area contributed by atoms with Crippen molar-refractivity contribution in [2.75, 3.05) is 13.1 Å². The SMILES string of the molecule is CC(C)CN(C(C)C)C1CCCCC1CN. The smallest absolute Gasteiger partial charge is 0.0138 e. The van der Waals surface area contributed by atoms with Gasteiger partial charge in [-0.1, -0.05) is 26.7 Å². The third-order valence-electron chi connectivity index (χ3n) is 3.84. The average molecular weight is 226 g/mol. The van der Waals surface area contributed by atoms with Crippen LogP contribution in [0.2, 0.25) is 0 Å². The number of nitrogens with zero attached hydrogens (tertiary/aromatic N) is 1. The van der Waals surface area contributed by atoms with Crippen molar-refractivity contribution in [1.82, 2.24) is 4.90 Å². The van der Waals surface area contributed by atoms with Crippen LogP contribution in [0.25, 0.3) is 0 Å². The number of rotatable bonds is 5. The monoisotopic (exact) mass is 226 g/mol. The van der Waals surface area contributed by atoms with Gasteiger partial charge in [0.2, 0.25) is 0 Å². The zero-order valence-electron chi connectivity index (χ0n) is 11.6. The molecule has 0 aromatic rings. The van der Waals surface area contributed by atoms with Crippen LogP contribution in [0.4, 0.5) is 0 Å². The molecule has 1 aliphatic rings. The summed E-state index contributed by atoms with van der Waals surface area (Å²) in [6, 6.07) is 1.39. The molecule has 2 atom stereocenters. The normalized spacial score (nSPS) is 27.0. The van der Waals surface area contributed by atoms with Crippen molar-refractivity contribution < 1.29 is 0 Å². The van der Waals surface area contributed by atoms with Gasteiger partial charge in [0.15, 0.2) is 0 Å². The van der Waals surface area contributed by atoms with E-state index in [-0.39, 0.29) is 0 Å². The van der Waals surface area contributed by atoms with E-state index in [1.165, 1.54) is 32.2 Å². The van der Waals surface area contributed by atoms with Crippen LogP contribution in [0, 0.1) is 11.8 Å². The van der Waals surface area contributed by atoms with Crippen molar-refractivity contribution in [1.29, 1.82) is 0 Å². The first-order valence-electron chi connectivity index (χ1n) is 7.02. The van der Waals surface area contributed by atoms with Gasteiger partial charge in [0, 0.05) is 18.6 Å². The first kappa shape index (κ1) is 14.0. The van der Waals surface area contributed by atoms with Gasteiger partial charge >= 0.3 is 0 Å². The molecule has 1 saturated carbocycles. The summed E-state index contributed by atoms with van der Waals surface area (Å²) in [5, 5.41) is 0. The highest BCUT2D eigenvalue weighted by Crippen LogP contribution is 2.29. The molecular formula is C14H30N2. The molecule has 16 heavy (non-hydrogen) atoms. The highest BCUT2D eigenvalue weighted by Gasteiger charge is 2.30. The zero-order valence-corrected chi connectivity index (χ0v) is 11.6. The molecule has 96 valence electrons. The third kappa shape index (κ3) is 3.74. The number of hydrogen-bond acceptors (Lipinski definition) is 2. The maximum atomic E-state index is 5.94. The van der Waals surface area contributed by atoms with Gasteiger partial charge in [-0.25, -0.2) is 0 Å². The maximum Gasteiger partial charge on any atom is 0.0138 e. The predicted molar refractivity (Wildman–Crippen MR) is 71.5 cm³/mol. The summed E-state index contributed by atoms with van der Waals surface area (Å²) in [6.07, 6.45) is 5.46. The van der Waals surface area contributed by atoms with Gasteiger partial charge in [-0.3, -0.25) is 4.90 Å². The Balaban J connectivity index is 2.66. The summed E-state index contributed by atoms with van der Waals surface area (Å²) < 4.78 is 0. The van der Waals surface area contributed by atoms with Gasteiger partial charge in [-0.05, 0) is 45.1 Å². The molecule has 0 saturated heterocycles. The molecule has 0 bridgehead atoms. The van der Waals surface area contributed by atoms with Crippen LogP contribution >= 0.6 is 0 Å². The molecule has 1 rings (SSSR count). The van der Waals surface area contributed by atoms with E-state index in [0.29, 0.717) is 6.04 Å². The van der Waals surface area contributed by atoms with E-state index in [9.17, 15) is 0 Å². The number of nitrogens with two attached hydrogens (primary N) is 1. The van der Waals surface area contributed by atoms with Gasteiger partial charge in [0.25, 0.3) is 0 Å². The largest absolute Gasteiger partial charge is 0.330 e. The van der Waals surface area contributed by atoms with E-state index in [0.717, 1.165) is 24.4 Å². The van der Waals surface area contributed by atoms with Crippen molar-refractivity contribution in [2.45, 2.75) is 65.5 Å². The Kier molecular flexibility index (Phi) is 5.77. The minimum atomic E-state index is 0.652. The molecule has 0 spiro atoms. The van der Waals surface area contributed by atoms with Crippen LogP contribution in [0.3, 0.4) is 0 Å². The molecule has 0 radical (unpaired) electrons. The molecule has 2 unspecified atom stereocenters. The first-order valence-corrected chi connectivity index (χ1v) is 7.02. The second-order valence-corrected chi connectivity index (χ2v) is 6.03. The zero-order chi connectivity index (χ0) is 12.1. The van der Waals surface area contributed by atoms with Crippen LogP contribution in [0.15, 0.2) is 0 Å². The van der Waals surface area contributed by atoms with E-state index in [1.54, 1.807) is 0 Å².